The summed E-state index contributed by atoms with van der Waals surface area (Å²) in [4.78, 5) is 0.821. The highest BCUT2D eigenvalue weighted by atomic mass is 32.1. The average Bonchev–Trinajstić information content (AvgIpc) is 2.25. The van der Waals surface area contributed by atoms with Crippen LogP contribution in [0.3, 0.4) is 0 Å². The Balaban J connectivity index is 4.18. The van der Waals surface area contributed by atoms with Crippen LogP contribution in [0, 0.1) is 0 Å². The largest absolute Gasteiger partial charge is 0.500 e. The summed E-state index contributed by atoms with van der Waals surface area (Å²) in [6.45, 7) is 10.5. The van der Waals surface area contributed by atoms with Crippen molar-refractivity contribution in [1.82, 2.24) is 5.32 Å². The normalized spacial score (nSPS) is 11.5. The maximum Gasteiger partial charge on any atom is 0.500 e. The molecule has 0 radical (unpaired) electrons. The molecule has 0 bridgehead atoms. The summed E-state index contributed by atoms with van der Waals surface area (Å²) in [6, 6.07) is 0.831. The molecule has 0 aliphatic carbocycles. The van der Waals surface area contributed by atoms with E-state index in [1.165, 1.54) is 0 Å². The molecular weight excluding hydrogens is 254 g/mol. The van der Waals surface area contributed by atoms with E-state index in [9.17, 15) is 0 Å². The Labute approximate surface area is 111 Å². The van der Waals surface area contributed by atoms with Gasteiger partial charge in [0.15, 0.2) is 0 Å². The molecule has 0 unspecified atom stereocenters. The Hall–Kier alpha value is -0.0131. The fraction of sp³-hybridized carbons (Fsp3) is 0.909. The maximum atomic E-state index is 5.75. The molecule has 0 saturated heterocycles. The zero-order valence-electron chi connectivity index (χ0n) is 11.4. The van der Waals surface area contributed by atoms with Gasteiger partial charge in [-0.25, -0.2) is 0 Å². The molecule has 0 aromatic rings. The molecule has 0 rings (SSSR count). The first-order valence-corrected chi connectivity index (χ1v) is 8.60. The van der Waals surface area contributed by atoms with E-state index in [1.54, 1.807) is 0 Å². The van der Waals surface area contributed by atoms with Crippen molar-refractivity contribution >= 4 is 26.0 Å². The number of hydrogen-bond donors (Lipinski definition) is 1. The van der Waals surface area contributed by atoms with E-state index in [1.807, 2.05) is 27.7 Å². The molecule has 0 aliphatic heterocycles. The molecule has 1 N–H and O–H groups in total. The topological polar surface area (TPSA) is 39.7 Å². The third-order valence-electron chi connectivity index (χ3n) is 2.13. The summed E-state index contributed by atoms with van der Waals surface area (Å²) >= 11 is 4.96. The third kappa shape index (κ3) is 7.83. The van der Waals surface area contributed by atoms with E-state index >= 15 is 0 Å². The zero-order valence-corrected chi connectivity index (χ0v) is 13.2. The molecule has 4 nitrogen and oxygen atoms in total. The van der Waals surface area contributed by atoms with Crippen molar-refractivity contribution in [2.24, 2.45) is 0 Å². The number of hydrogen-bond acceptors (Lipinski definition) is 4. The molecule has 0 amide bonds. The van der Waals surface area contributed by atoms with Gasteiger partial charge in [0.25, 0.3) is 0 Å². The van der Waals surface area contributed by atoms with Crippen LogP contribution < -0.4 is 5.32 Å². The van der Waals surface area contributed by atoms with Crippen LogP contribution in [0.1, 0.15) is 34.1 Å². The number of nitrogens with one attached hydrogen (secondary N) is 1. The second-order valence-corrected chi connectivity index (χ2v) is 6.91. The summed E-state index contributed by atoms with van der Waals surface area (Å²) in [6.07, 6.45) is 0.945. The Bertz CT molecular complexity index is 200. The van der Waals surface area contributed by atoms with Crippen molar-refractivity contribution < 1.29 is 13.3 Å². The molecule has 0 aromatic carbocycles. The van der Waals surface area contributed by atoms with Crippen molar-refractivity contribution in [3.05, 3.63) is 0 Å². The van der Waals surface area contributed by atoms with Crippen molar-refractivity contribution in [2.45, 2.75) is 40.2 Å². The van der Waals surface area contributed by atoms with Crippen molar-refractivity contribution in [3.8, 4) is 0 Å². The van der Waals surface area contributed by atoms with Crippen LogP contribution in [0.5, 0.6) is 0 Å². The maximum absolute atomic E-state index is 5.75. The standard InChI is InChI=1S/C11H25NO3SSi/c1-5-13-17(14-6-2,15-7-3)10-8-9-12-11(4)16/h5-10H2,1-4H3,(H,12,16). The molecule has 0 heterocycles. The lowest BCUT2D eigenvalue weighted by Gasteiger charge is -2.28. The molecule has 0 aromatic heterocycles. The van der Waals surface area contributed by atoms with Gasteiger partial charge in [-0.15, -0.1) is 0 Å². The number of thiocarbonyl (C=S) groups is 1. The smallest absolute Gasteiger partial charge is 0.380 e. The summed E-state index contributed by atoms with van der Waals surface area (Å²) in [5, 5.41) is 3.13. The summed E-state index contributed by atoms with van der Waals surface area (Å²) < 4.78 is 17.3. The van der Waals surface area contributed by atoms with E-state index in [4.69, 9.17) is 25.5 Å². The van der Waals surface area contributed by atoms with Crippen LogP contribution >= 0.6 is 12.2 Å². The van der Waals surface area contributed by atoms with Crippen LogP contribution in [0.2, 0.25) is 6.04 Å². The Morgan fingerprint density at radius 3 is 1.88 bits per heavy atom. The zero-order chi connectivity index (χ0) is 13.1. The lowest BCUT2D eigenvalue weighted by atomic mass is 10.5. The Morgan fingerprint density at radius 1 is 1.06 bits per heavy atom. The van der Waals surface area contributed by atoms with Crippen LogP contribution in [0.4, 0.5) is 0 Å². The first-order chi connectivity index (χ1) is 8.10. The van der Waals surface area contributed by atoms with E-state index in [0.29, 0.717) is 19.8 Å². The first-order valence-electron chi connectivity index (χ1n) is 6.26. The molecule has 6 heteroatoms. The van der Waals surface area contributed by atoms with Gasteiger partial charge in [0, 0.05) is 32.4 Å². The van der Waals surface area contributed by atoms with E-state index in [0.717, 1.165) is 24.0 Å². The lowest BCUT2D eigenvalue weighted by Crippen LogP contribution is -2.46. The quantitative estimate of drug-likeness (QED) is 0.378. The predicted molar refractivity (Wildman–Crippen MR) is 76.3 cm³/mol. The van der Waals surface area contributed by atoms with Gasteiger partial charge in [-0.1, -0.05) is 12.2 Å². The van der Waals surface area contributed by atoms with Crippen molar-refractivity contribution in [3.63, 3.8) is 0 Å². The van der Waals surface area contributed by atoms with Crippen LogP contribution in [-0.4, -0.2) is 40.2 Å². The second kappa shape index (κ2) is 9.96. The highest BCUT2D eigenvalue weighted by Gasteiger charge is 2.39. The van der Waals surface area contributed by atoms with Gasteiger partial charge < -0.3 is 18.6 Å². The summed E-state index contributed by atoms with van der Waals surface area (Å²) in [5.41, 5.74) is 0. The minimum Gasteiger partial charge on any atom is -0.380 e. The Kier molecular flexibility index (Phi) is 9.95. The van der Waals surface area contributed by atoms with Gasteiger partial charge in [0.2, 0.25) is 0 Å². The predicted octanol–water partition coefficient (Wildman–Crippen LogP) is 2.36. The van der Waals surface area contributed by atoms with E-state index in [-0.39, 0.29) is 0 Å². The highest BCUT2D eigenvalue weighted by Crippen LogP contribution is 2.17. The van der Waals surface area contributed by atoms with Gasteiger partial charge in [0.1, 0.15) is 0 Å². The molecule has 0 saturated carbocycles. The molecular formula is C11H25NO3SSi. The van der Waals surface area contributed by atoms with Crippen LogP contribution in [0.15, 0.2) is 0 Å². The minimum atomic E-state index is -2.45. The summed E-state index contributed by atoms with van der Waals surface area (Å²) in [7, 11) is -2.45. The molecule has 0 spiro atoms. The van der Waals surface area contributed by atoms with Crippen molar-refractivity contribution in [2.75, 3.05) is 26.4 Å². The fourth-order valence-electron chi connectivity index (χ4n) is 1.57. The van der Waals surface area contributed by atoms with Gasteiger partial charge >= 0.3 is 8.80 Å². The van der Waals surface area contributed by atoms with Gasteiger partial charge in [-0.3, -0.25) is 0 Å². The number of rotatable bonds is 10. The minimum absolute atomic E-state index is 0.631. The average molecular weight is 279 g/mol. The van der Waals surface area contributed by atoms with Crippen molar-refractivity contribution in [1.29, 1.82) is 0 Å². The molecule has 17 heavy (non-hydrogen) atoms. The van der Waals surface area contributed by atoms with Gasteiger partial charge in [-0.2, -0.15) is 0 Å². The van der Waals surface area contributed by atoms with Crippen LogP contribution in [-0.2, 0) is 13.3 Å². The van der Waals surface area contributed by atoms with Gasteiger partial charge in [-0.05, 0) is 34.1 Å². The lowest BCUT2D eigenvalue weighted by molar-refractivity contribution is 0.0709. The fourth-order valence-corrected chi connectivity index (χ4v) is 4.28. The highest BCUT2D eigenvalue weighted by molar-refractivity contribution is 7.80. The first kappa shape index (κ1) is 17.0. The molecule has 102 valence electrons. The third-order valence-corrected chi connectivity index (χ3v) is 5.42. The van der Waals surface area contributed by atoms with Gasteiger partial charge in [0.05, 0.1) is 4.99 Å². The Morgan fingerprint density at radius 2 is 1.53 bits per heavy atom. The molecule has 0 aliphatic rings. The molecule has 0 fully saturated rings. The van der Waals surface area contributed by atoms with E-state index < -0.39 is 8.80 Å². The van der Waals surface area contributed by atoms with E-state index in [2.05, 4.69) is 5.32 Å². The summed E-state index contributed by atoms with van der Waals surface area (Å²) in [5.74, 6) is 0. The second-order valence-electron chi connectivity index (χ2n) is 3.57. The molecule has 0 atom stereocenters. The van der Waals surface area contributed by atoms with Crippen LogP contribution in [0.25, 0.3) is 0 Å². The monoisotopic (exact) mass is 279 g/mol. The SMILES string of the molecule is CCO[Si](CCCNC(C)=S)(OCC)OCC.